The van der Waals surface area contributed by atoms with Crippen LogP contribution in [-0.2, 0) is 4.74 Å². The highest BCUT2D eigenvalue weighted by Crippen LogP contribution is 2.03. The number of carbonyl (C=O) groups excluding carboxylic acids is 1. The van der Waals surface area contributed by atoms with Gasteiger partial charge < -0.3 is 20.1 Å². The van der Waals surface area contributed by atoms with Gasteiger partial charge in [0.2, 0.25) is 0 Å². The minimum Gasteiger partial charge on any atom is -0.447 e. The summed E-state index contributed by atoms with van der Waals surface area (Å²) in [4.78, 5) is 13.1. The molecule has 0 aromatic rings. The standard InChI is InChI=1S/C9H18N2O3/c1-7(2)14-9(13)11-4-3-10-8(5-11)6-12/h7-8,10,12H,3-6H2,1-2H3. The van der Waals surface area contributed by atoms with E-state index in [1.165, 1.54) is 0 Å². The largest absolute Gasteiger partial charge is 0.447 e. The highest BCUT2D eigenvalue weighted by atomic mass is 16.6. The molecular weight excluding hydrogens is 184 g/mol. The predicted molar refractivity (Wildman–Crippen MR) is 52.1 cm³/mol. The fourth-order valence-electron chi connectivity index (χ4n) is 1.39. The molecule has 14 heavy (non-hydrogen) atoms. The van der Waals surface area contributed by atoms with Gasteiger partial charge >= 0.3 is 6.09 Å². The van der Waals surface area contributed by atoms with Crippen molar-refractivity contribution in [1.29, 1.82) is 0 Å². The second-order valence-electron chi connectivity index (χ2n) is 3.71. The molecule has 1 rings (SSSR count). The molecule has 0 saturated carbocycles. The van der Waals surface area contributed by atoms with Gasteiger partial charge in [0.05, 0.1) is 12.7 Å². The van der Waals surface area contributed by atoms with Crippen LogP contribution in [0.25, 0.3) is 0 Å². The van der Waals surface area contributed by atoms with E-state index in [1.54, 1.807) is 4.90 Å². The zero-order valence-electron chi connectivity index (χ0n) is 8.69. The molecule has 1 unspecified atom stereocenters. The van der Waals surface area contributed by atoms with Crippen molar-refractivity contribution >= 4 is 6.09 Å². The van der Waals surface area contributed by atoms with E-state index in [4.69, 9.17) is 9.84 Å². The Kier molecular flexibility index (Phi) is 4.16. The summed E-state index contributed by atoms with van der Waals surface area (Å²) in [5.41, 5.74) is 0. The number of ether oxygens (including phenoxy) is 1. The number of nitrogens with one attached hydrogen (secondary N) is 1. The van der Waals surface area contributed by atoms with E-state index in [9.17, 15) is 4.79 Å². The second-order valence-corrected chi connectivity index (χ2v) is 3.71. The van der Waals surface area contributed by atoms with Gasteiger partial charge in [-0.3, -0.25) is 0 Å². The first kappa shape index (κ1) is 11.3. The molecule has 0 bridgehead atoms. The summed E-state index contributed by atoms with van der Waals surface area (Å²) in [6.45, 7) is 5.56. The fourth-order valence-corrected chi connectivity index (χ4v) is 1.39. The van der Waals surface area contributed by atoms with Crippen molar-refractivity contribution in [2.75, 3.05) is 26.2 Å². The van der Waals surface area contributed by atoms with Crippen molar-refractivity contribution in [2.24, 2.45) is 0 Å². The summed E-state index contributed by atoms with van der Waals surface area (Å²) < 4.78 is 5.06. The third kappa shape index (κ3) is 3.16. The lowest BCUT2D eigenvalue weighted by Gasteiger charge is -2.32. The number of aliphatic hydroxyl groups excluding tert-OH is 1. The molecule has 1 amide bonds. The summed E-state index contributed by atoms with van der Waals surface area (Å²) >= 11 is 0. The van der Waals surface area contributed by atoms with Crippen molar-refractivity contribution in [3.05, 3.63) is 0 Å². The van der Waals surface area contributed by atoms with Crippen LogP contribution in [0.5, 0.6) is 0 Å². The Hall–Kier alpha value is -0.810. The molecule has 1 saturated heterocycles. The lowest BCUT2D eigenvalue weighted by molar-refractivity contribution is 0.0624. The number of carbonyl (C=O) groups is 1. The molecule has 0 aromatic heterocycles. The first-order valence-corrected chi connectivity index (χ1v) is 4.93. The maximum Gasteiger partial charge on any atom is 0.410 e. The SMILES string of the molecule is CC(C)OC(=O)N1CCNC(CO)C1. The number of rotatable bonds is 2. The van der Waals surface area contributed by atoms with Crippen molar-refractivity contribution in [3.63, 3.8) is 0 Å². The highest BCUT2D eigenvalue weighted by molar-refractivity contribution is 5.68. The van der Waals surface area contributed by atoms with Gasteiger partial charge in [0.1, 0.15) is 0 Å². The van der Waals surface area contributed by atoms with Crippen molar-refractivity contribution < 1.29 is 14.6 Å². The molecule has 1 aliphatic rings. The second kappa shape index (κ2) is 5.17. The van der Waals surface area contributed by atoms with Crippen LogP contribution in [0.1, 0.15) is 13.8 Å². The third-order valence-electron chi connectivity index (χ3n) is 2.07. The number of nitrogens with zero attached hydrogens (tertiary/aromatic N) is 1. The molecule has 82 valence electrons. The summed E-state index contributed by atoms with van der Waals surface area (Å²) in [7, 11) is 0. The smallest absolute Gasteiger partial charge is 0.410 e. The van der Waals surface area contributed by atoms with Crippen LogP contribution in [0.3, 0.4) is 0 Å². The van der Waals surface area contributed by atoms with Crippen LogP contribution in [0, 0.1) is 0 Å². The van der Waals surface area contributed by atoms with E-state index in [-0.39, 0.29) is 24.8 Å². The van der Waals surface area contributed by atoms with Crippen molar-refractivity contribution in [1.82, 2.24) is 10.2 Å². The number of amides is 1. The Labute approximate surface area is 84.0 Å². The Morgan fingerprint density at radius 1 is 1.71 bits per heavy atom. The first-order chi connectivity index (χ1) is 6.63. The van der Waals surface area contributed by atoms with Gasteiger partial charge in [-0.05, 0) is 13.8 Å². The molecule has 0 spiro atoms. The molecule has 1 fully saturated rings. The van der Waals surface area contributed by atoms with Crippen LogP contribution in [-0.4, -0.2) is 54.5 Å². The minimum atomic E-state index is -0.292. The lowest BCUT2D eigenvalue weighted by atomic mass is 10.2. The molecule has 1 aliphatic heterocycles. The van der Waals surface area contributed by atoms with Gasteiger partial charge in [0, 0.05) is 25.7 Å². The van der Waals surface area contributed by atoms with Gasteiger partial charge in [0.15, 0.2) is 0 Å². The average Bonchev–Trinajstić information content (AvgIpc) is 2.17. The van der Waals surface area contributed by atoms with Crippen molar-refractivity contribution in [2.45, 2.75) is 26.0 Å². The zero-order chi connectivity index (χ0) is 10.6. The molecular formula is C9H18N2O3. The Bertz CT molecular complexity index is 196. The zero-order valence-corrected chi connectivity index (χ0v) is 8.69. The third-order valence-corrected chi connectivity index (χ3v) is 2.07. The lowest BCUT2D eigenvalue weighted by Crippen LogP contribution is -2.54. The Balaban J connectivity index is 2.39. The number of aliphatic hydroxyl groups is 1. The average molecular weight is 202 g/mol. The maximum absolute atomic E-state index is 11.5. The highest BCUT2D eigenvalue weighted by Gasteiger charge is 2.23. The van der Waals surface area contributed by atoms with E-state index in [2.05, 4.69) is 5.32 Å². The topological polar surface area (TPSA) is 61.8 Å². The van der Waals surface area contributed by atoms with E-state index >= 15 is 0 Å². The summed E-state index contributed by atoms with van der Waals surface area (Å²) in [5, 5.41) is 12.0. The van der Waals surface area contributed by atoms with E-state index in [1.807, 2.05) is 13.8 Å². The minimum absolute atomic E-state index is 0.0246. The van der Waals surface area contributed by atoms with Gasteiger partial charge in [-0.25, -0.2) is 4.79 Å². The predicted octanol–water partition coefficient (Wildman–Crippen LogP) is -0.203. The van der Waals surface area contributed by atoms with E-state index in [0.717, 1.165) is 0 Å². The molecule has 1 atom stereocenters. The molecule has 0 aliphatic carbocycles. The Morgan fingerprint density at radius 3 is 3.00 bits per heavy atom. The van der Waals surface area contributed by atoms with Gasteiger partial charge in [-0.2, -0.15) is 0 Å². The monoisotopic (exact) mass is 202 g/mol. The quantitative estimate of drug-likeness (QED) is 0.651. The van der Waals surface area contributed by atoms with Gasteiger partial charge in [-0.1, -0.05) is 0 Å². The molecule has 0 aromatic carbocycles. The molecule has 5 heteroatoms. The van der Waals surface area contributed by atoms with Crippen LogP contribution < -0.4 is 5.32 Å². The van der Waals surface area contributed by atoms with Crippen LogP contribution in [0.2, 0.25) is 0 Å². The van der Waals surface area contributed by atoms with E-state index in [0.29, 0.717) is 19.6 Å². The maximum atomic E-state index is 11.5. The normalized spacial score (nSPS) is 22.6. The fraction of sp³-hybridized carbons (Fsp3) is 0.889. The van der Waals surface area contributed by atoms with Crippen LogP contribution in [0.15, 0.2) is 0 Å². The van der Waals surface area contributed by atoms with E-state index < -0.39 is 0 Å². The number of piperazine rings is 1. The first-order valence-electron chi connectivity index (χ1n) is 4.93. The molecule has 0 radical (unpaired) electrons. The molecule has 1 heterocycles. The molecule has 2 N–H and O–H groups in total. The summed E-state index contributed by atoms with van der Waals surface area (Å²) in [5.74, 6) is 0. The van der Waals surface area contributed by atoms with Crippen LogP contribution in [0.4, 0.5) is 4.79 Å². The number of hydrogen-bond donors (Lipinski definition) is 2. The molecule has 5 nitrogen and oxygen atoms in total. The summed E-state index contributed by atoms with van der Waals surface area (Å²) in [6.07, 6.45) is -0.384. The van der Waals surface area contributed by atoms with Gasteiger partial charge in [-0.15, -0.1) is 0 Å². The van der Waals surface area contributed by atoms with Crippen molar-refractivity contribution in [3.8, 4) is 0 Å². The number of hydrogen-bond acceptors (Lipinski definition) is 4. The van der Waals surface area contributed by atoms with Gasteiger partial charge in [0.25, 0.3) is 0 Å². The Morgan fingerprint density at radius 2 is 2.43 bits per heavy atom. The summed E-state index contributed by atoms with van der Waals surface area (Å²) in [6, 6.07) is -0.0246. The van der Waals surface area contributed by atoms with Crippen LogP contribution >= 0.6 is 0 Å².